The first kappa shape index (κ1) is 25.7. The van der Waals surface area contributed by atoms with Crippen molar-refractivity contribution in [1.29, 1.82) is 0 Å². The molecular weight excluding hydrogens is 458 g/mol. The van der Waals surface area contributed by atoms with Crippen LogP contribution in [-0.4, -0.2) is 56.6 Å². The number of carbonyl (C=O) groups excluding carboxylic acids is 1. The molecule has 8 heteroatoms. The number of sulfone groups is 1. The third kappa shape index (κ3) is 6.35. The van der Waals surface area contributed by atoms with Gasteiger partial charge in [0.2, 0.25) is 5.91 Å². The van der Waals surface area contributed by atoms with E-state index in [0.29, 0.717) is 17.9 Å². The fourth-order valence-corrected chi connectivity index (χ4v) is 5.59. The Kier molecular flexibility index (Phi) is 8.22. The molecular formula is C25H34ClN3O3S. The van der Waals surface area contributed by atoms with Gasteiger partial charge in [-0.2, -0.15) is 0 Å². The van der Waals surface area contributed by atoms with E-state index >= 15 is 0 Å². The molecule has 1 atom stereocenters. The minimum absolute atomic E-state index is 0. The van der Waals surface area contributed by atoms with Gasteiger partial charge in [0, 0.05) is 31.8 Å². The fraction of sp³-hybridized carbons (Fsp3) is 0.480. The van der Waals surface area contributed by atoms with Crippen LogP contribution >= 0.6 is 12.4 Å². The lowest BCUT2D eigenvalue weighted by molar-refractivity contribution is -0.128. The Morgan fingerprint density at radius 1 is 1.03 bits per heavy atom. The summed E-state index contributed by atoms with van der Waals surface area (Å²) in [5, 5.41) is 0. The Morgan fingerprint density at radius 2 is 1.67 bits per heavy atom. The van der Waals surface area contributed by atoms with Gasteiger partial charge in [0.05, 0.1) is 4.90 Å². The summed E-state index contributed by atoms with van der Waals surface area (Å²) in [5.74, 6) is 0.205. The summed E-state index contributed by atoms with van der Waals surface area (Å²) >= 11 is 0. The molecule has 1 amide bonds. The number of hydrogen-bond acceptors (Lipinski definition) is 5. The first-order chi connectivity index (χ1) is 15.2. The summed E-state index contributed by atoms with van der Waals surface area (Å²) in [6.07, 6.45) is 4.82. The third-order valence-electron chi connectivity index (χ3n) is 7.03. The molecule has 0 unspecified atom stereocenters. The topological polar surface area (TPSA) is 83.7 Å². The minimum Gasteiger partial charge on any atom is -0.338 e. The van der Waals surface area contributed by atoms with E-state index in [1.54, 1.807) is 12.1 Å². The summed E-state index contributed by atoms with van der Waals surface area (Å²) in [6, 6.07) is 17.2. The van der Waals surface area contributed by atoms with Crippen molar-refractivity contribution < 1.29 is 13.2 Å². The Bertz CT molecular complexity index is 1040. The van der Waals surface area contributed by atoms with Crippen molar-refractivity contribution in [3.63, 3.8) is 0 Å². The zero-order valence-electron chi connectivity index (χ0n) is 19.2. The van der Waals surface area contributed by atoms with E-state index < -0.39 is 9.84 Å². The van der Waals surface area contributed by atoms with Crippen molar-refractivity contribution >= 4 is 28.2 Å². The van der Waals surface area contributed by atoms with E-state index in [2.05, 4.69) is 17.0 Å². The number of rotatable bonds is 7. The monoisotopic (exact) mass is 491 g/mol. The standard InChI is InChI=1S/C25H33N3O3S.ClH/c1-32(30,31)22-9-7-20(8-10-22)18-28-19-25(17-24(28)29)12-15-27(16-13-25)14-11-23(26)21-5-3-2-4-6-21;/h2-10,23H,11-19,26H2,1H3;1H/t23-;/m0./s1. The van der Waals surface area contributed by atoms with Crippen LogP contribution in [0.2, 0.25) is 0 Å². The maximum atomic E-state index is 12.7. The molecule has 0 radical (unpaired) electrons. The molecule has 2 heterocycles. The second kappa shape index (κ2) is 10.6. The highest BCUT2D eigenvalue weighted by molar-refractivity contribution is 7.90. The third-order valence-corrected chi connectivity index (χ3v) is 8.16. The van der Waals surface area contributed by atoms with E-state index in [9.17, 15) is 13.2 Å². The molecule has 2 N–H and O–H groups in total. The normalized spacial score (nSPS) is 19.5. The average Bonchev–Trinajstić information content (AvgIpc) is 3.08. The quantitative estimate of drug-likeness (QED) is 0.641. The molecule has 0 aromatic heterocycles. The average molecular weight is 492 g/mol. The molecule has 0 saturated carbocycles. The van der Waals surface area contributed by atoms with Gasteiger partial charge >= 0.3 is 0 Å². The van der Waals surface area contributed by atoms with Gasteiger partial charge in [0.15, 0.2) is 9.84 Å². The number of amides is 1. The van der Waals surface area contributed by atoms with Crippen LogP contribution in [0.3, 0.4) is 0 Å². The highest BCUT2D eigenvalue weighted by Crippen LogP contribution is 2.41. The lowest BCUT2D eigenvalue weighted by Crippen LogP contribution is -2.42. The molecule has 2 aromatic carbocycles. The zero-order chi connectivity index (χ0) is 22.8. The van der Waals surface area contributed by atoms with Crippen LogP contribution in [-0.2, 0) is 21.2 Å². The second-order valence-electron chi connectivity index (χ2n) is 9.49. The predicted molar refractivity (Wildman–Crippen MR) is 133 cm³/mol. The van der Waals surface area contributed by atoms with Crippen molar-refractivity contribution in [3.8, 4) is 0 Å². The largest absolute Gasteiger partial charge is 0.338 e. The molecule has 2 saturated heterocycles. The maximum Gasteiger partial charge on any atom is 0.223 e. The number of nitrogens with zero attached hydrogens (tertiary/aromatic N) is 2. The van der Waals surface area contributed by atoms with Crippen LogP contribution in [0.1, 0.15) is 42.9 Å². The second-order valence-corrected chi connectivity index (χ2v) is 11.5. The number of halogens is 1. The molecule has 2 fully saturated rings. The number of likely N-dealkylation sites (tertiary alicyclic amines) is 2. The molecule has 0 bridgehead atoms. The van der Waals surface area contributed by atoms with E-state index in [4.69, 9.17) is 5.73 Å². The highest BCUT2D eigenvalue weighted by atomic mass is 35.5. The Labute approximate surface area is 203 Å². The van der Waals surface area contributed by atoms with Crippen LogP contribution < -0.4 is 5.73 Å². The van der Waals surface area contributed by atoms with Crippen LogP contribution in [0.4, 0.5) is 0 Å². The Hall–Kier alpha value is -1.93. The van der Waals surface area contributed by atoms with Crippen molar-refractivity contribution in [2.24, 2.45) is 11.1 Å². The van der Waals surface area contributed by atoms with E-state index in [-0.39, 0.29) is 29.8 Å². The lowest BCUT2D eigenvalue weighted by Gasteiger charge is -2.39. The van der Waals surface area contributed by atoms with Gasteiger partial charge in [-0.25, -0.2) is 8.42 Å². The van der Waals surface area contributed by atoms with Crippen LogP contribution in [0, 0.1) is 5.41 Å². The van der Waals surface area contributed by atoms with Gasteiger partial charge in [-0.1, -0.05) is 42.5 Å². The first-order valence-electron chi connectivity index (χ1n) is 11.3. The van der Waals surface area contributed by atoms with Crippen LogP contribution in [0.5, 0.6) is 0 Å². The number of benzene rings is 2. The minimum atomic E-state index is -3.20. The highest BCUT2D eigenvalue weighted by Gasteiger charge is 2.44. The smallest absolute Gasteiger partial charge is 0.223 e. The van der Waals surface area contributed by atoms with Crippen molar-refractivity contribution in [3.05, 3.63) is 65.7 Å². The Morgan fingerprint density at radius 3 is 2.27 bits per heavy atom. The van der Waals surface area contributed by atoms with Gasteiger partial charge in [-0.15, -0.1) is 12.4 Å². The molecule has 2 aliphatic heterocycles. The molecule has 33 heavy (non-hydrogen) atoms. The number of nitrogens with two attached hydrogens (primary N) is 1. The molecule has 2 aliphatic rings. The summed E-state index contributed by atoms with van der Waals surface area (Å²) in [5.41, 5.74) is 8.58. The summed E-state index contributed by atoms with van der Waals surface area (Å²) in [6.45, 7) is 4.32. The predicted octanol–water partition coefficient (Wildman–Crippen LogP) is 3.42. The summed E-state index contributed by atoms with van der Waals surface area (Å²) in [7, 11) is -3.20. The lowest BCUT2D eigenvalue weighted by atomic mass is 9.77. The molecule has 1 spiro atoms. The molecule has 0 aliphatic carbocycles. The molecule has 6 nitrogen and oxygen atoms in total. The van der Waals surface area contributed by atoms with Gasteiger partial charge in [0.25, 0.3) is 0 Å². The molecule has 2 aromatic rings. The van der Waals surface area contributed by atoms with E-state index in [1.165, 1.54) is 11.8 Å². The summed E-state index contributed by atoms with van der Waals surface area (Å²) < 4.78 is 23.3. The SMILES string of the molecule is CS(=O)(=O)c1ccc(CN2CC3(CCN(CC[C@H](N)c4ccccc4)CC3)CC2=O)cc1.Cl. The molecule has 4 rings (SSSR count). The number of piperidine rings is 1. The van der Waals surface area contributed by atoms with Crippen molar-refractivity contribution in [1.82, 2.24) is 9.80 Å². The number of carbonyl (C=O) groups is 1. The summed E-state index contributed by atoms with van der Waals surface area (Å²) in [4.78, 5) is 17.5. The number of hydrogen-bond donors (Lipinski definition) is 1. The van der Waals surface area contributed by atoms with Gasteiger partial charge in [-0.3, -0.25) is 4.79 Å². The Balaban J connectivity index is 0.00000306. The van der Waals surface area contributed by atoms with Crippen molar-refractivity contribution in [2.75, 3.05) is 32.4 Å². The first-order valence-corrected chi connectivity index (χ1v) is 13.2. The zero-order valence-corrected chi connectivity index (χ0v) is 20.8. The van der Waals surface area contributed by atoms with Crippen molar-refractivity contribution in [2.45, 2.75) is 43.2 Å². The fourth-order valence-electron chi connectivity index (χ4n) is 4.96. The molecule has 180 valence electrons. The van der Waals surface area contributed by atoms with E-state index in [1.807, 2.05) is 35.2 Å². The van der Waals surface area contributed by atoms with E-state index in [0.717, 1.165) is 51.0 Å². The van der Waals surface area contributed by atoms with Gasteiger partial charge in [-0.05, 0) is 67.6 Å². The van der Waals surface area contributed by atoms with Gasteiger partial charge in [0.1, 0.15) is 0 Å². The van der Waals surface area contributed by atoms with Crippen LogP contribution in [0.25, 0.3) is 0 Å². The maximum absolute atomic E-state index is 12.7. The van der Waals surface area contributed by atoms with Gasteiger partial charge < -0.3 is 15.5 Å². The van der Waals surface area contributed by atoms with Crippen LogP contribution in [0.15, 0.2) is 59.5 Å².